The normalized spacial score (nSPS) is 10.6. The summed E-state index contributed by atoms with van der Waals surface area (Å²) >= 11 is 3.15. The number of rotatable bonds is 3. The first-order valence-corrected chi connectivity index (χ1v) is 5.98. The molecule has 0 fully saturated rings. The van der Waals surface area contributed by atoms with Crippen molar-refractivity contribution < 1.29 is 8.91 Å². The summed E-state index contributed by atoms with van der Waals surface area (Å²) in [6.07, 6.45) is 0. The summed E-state index contributed by atoms with van der Waals surface area (Å²) in [6, 6.07) is 4.81. The van der Waals surface area contributed by atoms with Crippen molar-refractivity contribution in [3.8, 4) is 0 Å². The van der Waals surface area contributed by atoms with Crippen LogP contribution in [0.15, 0.2) is 27.2 Å². The van der Waals surface area contributed by atoms with Gasteiger partial charge in [-0.3, -0.25) is 0 Å². The lowest BCUT2D eigenvalue weighted by atomic mass is 10.2. The van der Waals surface area contributed by atoms with Gasteiger partial charge in [0.25, 0.3) is 0 Å². The minimum Gasteiger partial charge on any atom is -0.381 e. The van der Waals surface area contributed by atoms with E-state index in [1.807, 2.05) is 13.8 Å². The Kier molecular flexibility index (Phi) is 3.47. The van der Waals surface area contributed by atoms with Gasteiger partial charge in [0, 0.05) is 17.8 Å². The van der Waals surface area contributed by atoms with E-state index in [2.05, 4.69) is 26.4 Å². The van der Waals surface area contributed by atoms with Gasteiger partial charge in [-0.2, -0.15) is 0 Å². The summed E-state index contributed by atoms with van der Waals surface area (Å²) in [5, 5.41) is 7.08. The summed E-state index contributed by atoms with van der Waals surface area (Å²) in [5.41, 5.74) is 2.75. The highest BCUT2D eigenvalue weighted by Gasteiger charge is 2.08. The Morgan fingerprint density at radius 2 is 2.18 bits per heavy atom. The Labute approximate surface area is 107 Å². The lowest BCUT2D eigenvalue weighted by Crippen LogP contribution is -2.01. The molecule has 1 heterocycles. The molecule has 2 rings (SSSR count). The highest BCUT2D eigenvalue weighted by molar-refractivity contribution is 9.10. The molecule has 0 aliphatic carbocycles. The van der Waals surface area contributed by atoms with Crippen LogP contribution in [-0.4, -0.2) is 5.16 Å². The SMILES string of the molecule is Cc1noc(C)c1CNc1ccc(F)c(Br)c1. The molecule has 0 bridgehead atoms. The molecule has 0 unspecified atom stereocenters. The number of hydrogen-bond donors (Lipinski definition) is 1. The van der Waals surface area contributed by atoms with Crippen molar-refractivity contribution in [2.24, 2.45) is 0 Å². The second kappa shape index (κ2) is 4.87. The monoisotopic (exact) mass is 298 g/mol. The van der Waals surface area contributed by atoms with Crippen LogP contribution >= 0.6 is 15.9 Å². The molecule has 0 aliphatic heterocycles. The van der Waals surface area contributed by atoms with E-state index in [1.54, 1.807) is 12.1 Å². The third kappa shape index (κ3) is 2.66. The van der Waals surface area contributed by atoms with Crippen LogP contribution < -0.4 is 5.32 Å². The molecule has 1 N–H and O–H groups in total. The number of nitrogens with one attached hydrogen (secondary N) is 1. The van der Waals surface area contributed by atoms with E-state index in [-0.39, 0.29) is 5.82 Å². The van der Waals surface area contributed by atoms with Crippen molar-refractivity contribution in [3.05, 3.63) is 45.5 Å². The third-order valence-electron chi connectivity index (χ3n) is 2.57. The molecule has 0 radical (unpaired) electrons. The molecule has 5 heteroatoms. The zero-order valence-electron chi connectivity index (χ0n) is 9.55. The molecule has 0 amide bonds. The summed E-state index contributed by atoms with van der Waals surface area (Å²) in [6.45, 7) is 4.38. The van der Waals surface area contributed by atoms with Crippen LogP contribution in [0, 0.1) is 19.7 Å². The number of hydrogen-bond acceptors (Lipinski definition) is 3. The first-order chi connectivity index (χ1) is 8.08. The summed E-state index contributed by atoms with van der Waals surface area (Å²) in [4.78, 5) is 0. The lowest BCUT2D eigenvalue weighted by molar-refractivity contribution is 0.392. The van der Waals surface area contributed by atoms with E-state index in [0.29, 0.717) is 11.0 Å². The highest BCUT2D eigenvalue weighted by Crippen LogP contribution is 2.21. The molecule has 3 nitrogen and oxygen atoms in total. The Bertz CT molecular complexity index is 520. The van der Waals surface area contributed by atoms with Crippen LogP contribution in [0.4, 0.5) is 10.1 Å². The molecule has 90 valence electrons. The number of nitrogens with zero attached hydrogens (tertiary/aromatic N) is 1. The van der Waals surface area contributed by atoms with E-state index in [1.165, 1.54) is 6.07 Å². The maximum absolute atomic E-state index is 13.0. The first-order valence-electron chi connectivity index (χ1n) is 5.18. The van der Waals surface area contributed by atoms with Gasteiger partial charge < -0.3 is 9.84 Å². The summed E-state index contributed by atoms with van der Waals surface area (Å²) < 4.78 is 18.6. The lowest BCUT2D eigenvalue weighted by Gasteiger charge is -2.06. The zero-order valence-corrected chi connectivity index (χ0v) is 11.1. The van der Waals surface area contributed by atoms with Crippen LogP contribution in [0.1, 0.15) is 17.0 Å². The van der Waals surface area contributed by atoms with Crippen molar-refractivity contribution >= 4 is 21.6 Å². The Balaban J connectivity index is 2.10. The van der Waals surface area contributed by atoms with Gasteiger partial charge in [0.1, 0.15) is 11.6 Å². The van der Waals surface area contributed by atoms with Crippen molar-refractivity contribution in [2.45, 2.75) is 20.4 Å². The maximum Gasteiger partial charge on any atom is 0.138 e. The van der Waals surface area contributed by atoms with Crippen molar-refractivity contribution in [3.63, 3.8) is 0 Å². The van der Waals surface area contributed by atoms with E-state index in [4.69, 9.17) is 4.52 Å². The van der Waals surface area contributed by atoms with Gasteiger partial charge in [0.2, 0.25) is 0 Å². The maximum atomic E-state index is 13.0. The van der Waals surface area contributed by atoms with Gasteiger partial charge >= 0.3 is 0 Å². The molecule has 0 saturated heterocycles. The zero-order chi connectivity index (χ0) is 12.4. The largest absolute Gasteiger partial charge is 0.381 e. The quantitative estimate of drug-likeness (QED) is 0.936. The molecular weight excluding hydrogens is 287 g/mol. The molecular formula is C12H12BrFN2O. The molecule has 1 aromatic carbocycles. The molecule has 0 saturated carbocycles. The van der Waals surface area contributed by atoms with Crippen LogP contribution in [0.25, 0.3) is 0 Å². The van der Waals surface area contributed by atoms with Crippen molar-refractivity contribution in [1.82, 2.24) is 5.16 Å². The van der Waals surface area contributed by atoms with Crippen LogP contribution in [0.3, 0.4) is 0 Å². The predicted octanol–water partition coefficient (Wildman–Crippen LogP) is 3.81. The second-order valence-electron chi connectivity index (χ2n) is 3.79. The fraction of sp³-hybridized carbons (Fsp3) is 0.250. The number of aryl methyl sites for hydroxylation is 2. The number of aromatic nitrogens is 1. The average Bonchev–Trinajstić information content (AvgIpc) is 2.61. The van der Waals surface area contributed by atoms with Gasteiger partial charge in [-0.1, -0.05) is 5.16 Å². The number of halogens is 2. The van der Waals surface area contributed by atoms with Gasteiger partial charge in [0.05, 0.1) is 10.2 Å². The van der Waals surface area contributed by atoms with Crippen LogP contribution in [-0.2, 0) is 6.54 Å². The van der Waals surface area contributed by atoms with Gasteiger partial charge in [0.15, 0.2) is 0 Å². The Morgan fingerprint density at radius 1 is 1.41 bits per heavy atom. The molecule has 0 atom stereocenters. The van der Waals surface area contributed by atoms with Crippen LogP contribution in [0.5, 0.6) is 0 Å². The minimum atomic E-state index is -0.270. The van der Waals surface area contributed by atoms with Crippen molar-refractivity contribution in [1.29, 1.82) is 0 Å². The minimum absolute atomic E-state index is 0.270. The van der Waals surface area contributed by atoms with Gasteiger partial charge in [-0.25, -0.2) is 4.39 Å². The predicted molar refractivity (Wildman–Crippen MR) is 67.4 cm³/mol. The molecule has 2 aromatic rings. The van der Waals surface area contributed by atoms with E-state index >= 15 is 0 Å². The smallest absolute Gasteiger partial charge is 0.138 e. The van der Waals surface area contributed by atoms with E-state index in [0.717, 1.165) is 22.7 Å². The molecule has 17 heavy (non-hydrogen) atoms. The van der Waals surface area contributed by atoms with Crippen molar-refractivity contribution in [2.75, 3.05) is 5.32 Å². The molecule has 1 aromatic heterocycles. The Morgan fingerprint density at radius 3 is 2.76 bits per heavy atom. The second-order valence-corrected chi connectivity index (χ2v) is 4.64. The topological polar surface area (TPSA) is 38.1 Å². The molecule has 0 aliphatic rings. The third-order valence-corrected chi connectivity index (χ3v) is 3.18. The Hall–Kier alpha value is -1.36. The average molecular weight is 299 g/mol. The fourth-order valence-corrected chi connectivity index (χ4v) is 1.93. The standard InChI is InChI=1S/C12H12BrFN2O/c1-7-10(8(2)17-16-7)6-15-9-3-4-12(14)11(13)5-9/h3-5,15H,6H2,1-2H3. The number of benzene rings is 1. The fourth-order valence-electron chi connectivity index (χ4n) is 1.55. The summed E-state index contributed by atoms with van der Waals surface area (Å²) in [5.74, 6) is 0.532. The van der Waals surface area contributed by atoms with E-state index in [9.17, 15) is 4.39 Å². The van der Waals surface area contributed by atoms with Crippen LogP contribution in [0.2, 0.25) is 0 Å². The summed E-state index contributed by atoms with van der Waals surface area (Å²) in [7, 11) is 0. The first kappa shape index (κ1) is 12.1. The highest BCUT2D eigenvalue weighted by atomic mass is 79.9. The number of anilines is 1. The van der Waals surface area contributed by atoms with Gasteiger partial charge in [-0.05, 0) is 48.0 Å². The van der Waals surface area contributed by atoms with Gasteiger partial charge in [-0.15, -0.1) is 0 Å². The molecule has 0 spiro atoms. The van der Waals surface area contributed by atoms with E-state index < -0.39 is 0 Å².